The average molecular weight is 389 g/mol. The number of pyridine rings is 1. The quantitative estimate of drug-likeness (QED) is 0.527. The average Bonchev–Trinajstić information content (AvgIpc) is 3.08. The first kappa shape index (κ1) is 18.6. The van der Waals surface area contributed by atoms with Crippen molar-refractivity contribution >= 4 is 28.0 Å². The van der Waals surface area contributed by atoms with Gasteiger partial charge in [0, 0.05) is 0 Å². The minimum atomic E-state index is -3.42. The van der Waals surface area contributed by atoms with Crippen LogP contribution in [0.2, 0.25) is 0 Å². The van der Waals surface area contributed by atoms with Crippen molar-refractivity contribution < 1.29 is 8.42 Å². The normalized spacial score (nSPS) is 11.8. The summed E-state index contributed by atoms with van der Waals surface area (Å²) in [4.78, 5) is 4.88. The molecule has 0 N–H and O–H groups in total. The van der Waals surface area contributed by atoms with E-state index in [0.29, 0.717) is 11.3 Å². The van der Waals surface area contributed by atoms with E-state index in [9.17, 15) is 8.42 Å². The van der Waals surface area contributed by atoms with E-state index in [0.717, 1.165) is 27.7 Å². The molecule has 3 aromatic heterocycles. The molecule has 0 aliphatic carbocycles. The molecule has 0 amide bonds. The van der Waals surface area contributed by atoms with Gasteiger partial charge in [0.15, 0.2) is 0 Å². The molecule has 140 valence electrons. The first-order chi connectivity index (χ1) is 13.5. The van der Waals surface area contributed by atoms with Crippen LogP contribution in [0.4, 0.5) is 0 Å². The first-order valence-corrected chi connectivity index (χ1v) is 10.4. The van der Waals surface area contributed by atoms with Gasteiger partial charge in [0.1, 0.15) is 0 Å². The second-order valence-corrected chi connectivity index (χ2v) is 8.99. The van der Waals surface area contributed by atoms with Gasteiger partial charge in [0.25, 0.3) is 0 Å². The Morgan fingerprint density at radius 3 is 2.50 bits per heavy atom. The van der Waals surface area contributed by atoms with Crippen LogP contribution >= 0.6 is 0 Å². The fourth-order valence-corrected chi connectivity index (χ4v) is 4.17. The topological polar surface area (TPSA) is 55.2 Å². The van der Waals surface area contributed by atoms with E-state index in [1.807, 2.05) is 36.3 Å². The van der Waals surface area contributed by atoms with Crippen LogP contribution in [0.3, 0.4) is 0 Å². The molecule has 0 atom stereocenters. The number of fused-ring (bicyclic) bond motifs is 1. The molecular formula is C21H20BN3O2S. The molecule has 0 unspecified atom stereocenters. The Morgan fingerprint density at radius 2 is 1.82 bits per heavy atom. The Labute approximate surface area is 165 Å². The SMILES string of the molecule is CN(C)S(=O)(=O)c1ccc(Cc2cn(-c3bcccc3)c3cccnc23)cc1. The Morgan fingerprint density at radius 1 is 1.04 bits per heavy atom. The maximum atomic E-state index is 12.2. The summed E-state index contributed by atoms with van der Waals surface area (Å²) in [5.74, 6) is 2.01. The van der Waals surface area contributed by atoms with E-state index in [-0.39, 0.29) is 0 Å². The Bertz CT molecular complexity index is 1220. The van der Waals surface area contributed by atoms with E-state index in [1.54, 1.807) is 18.3 Å². The summed E-state index contributed by atoms with van der Waals surface area (Å²) in [6, 6.07) is 17.1. The molecule has 0 fully saturated rings. The van der Waals surface area contributed by atoms with Crippen molar-refractivity contribution in [3.63, 3.8) is 0 Å². The molecule has 1 aromatic carbocycles. The van der Waals surface area contributed by atoms with Crippen molar-refractivity contribution in [2.75, 3.05) is 14.1 Å². The van der Waals surface area contributed by atoms with Crippen LogP contribution in [0, 0.1) is 0 Å². The second kappa shape index (κ2) is 7.33. The van der Waals surface area contributed by atoms with Gasteiger partial charge in [0.2, 0.25) is 0 Å². The number of benzene rings is 1. The molecule has 7 heteroatoms. The van der Waals surface area contributed by atoms with E-state index in [2.05, 4.69) is 34.8 Å². The number of sulfonamides is 1. The zero-order valence-corrected chi connectivity index (χ0v) is 16.6. The van der Waals surface area contributed by atoms with Crippen LogP contribution in [0.25, 0.3) is 16.6 Å². The van der Waals surface area contributed by atoms with Gasteiger partial charge in [-0.1, -0.05) is 0 Å². The Balaban J connectivity index is 1.71. The van der Waals surface area contributed by atoms with Gasteiger partial charge >= 0.3 is 165 Å². The number of aromatic nitrogens is 2. The third kappa shape index (κ3) is 3.39. The number of rotatable bonds is 5. The van der Waals surface area contributed by atoms with Gasteiger partial charge in [-0.2, -0.15) is 0 Å². The summed E-state index contributed by atoms with van der Waals surface area (Å²) >= 11 is 0. The van der Waals surface area contributed by atoms with Crippen LogP contribution in [0.1, 0.15) is 11.1 Å². The van der Waals surface area contributed by atoms with E-state index in [1.165, 1.54) is 18.4 Å². The Hall–Kier alpha value is -2.77. The van der Waals surface area contributed by atoms with Crippen molar-refractivity contribution in [2.24, 2.45) is 0 Å². The van der Waals surface area contributed by atoms with Gasteiger partial charge in [0.05, 0.1) is 0 Å². The van der Waals surface area contributed by atoms with Gasteiger partial charge in [-0.05, 0) is 0 Å². The van der Waals surface area contributed by atoms with Gasteiger partial charge < -0.3 is 0 Å². The summed E-state index contributed by atoms with van der Waals surface area (Å²) in [5, 5.41) is 0. The van der Waals surface area contributed by atoms with Gasteiger partial charge in [-0.25, -0.2) is 0 Å². The minimum absolute atomic E-state index is 0.297. The zero-order valence-electron chi connectivity index (χ0n) is 15.8. The fraction of sp³-hybridized carbons (Fsp3) is 0.143. The fourth-order valence-electron chi connectivity index (χ4n) is 3.27. The third-order valence-electron chi connectivity index (χ3n) is 4.77. The molecule has 4 aromatic rings. The molecule has 28 heavy (non-hydrogen) atoms. The van der Waals surface area contributed by atoms with Crippen molar-refractivity contribution in [1.82, 2.24) is 13.9 Å². The number of hydrogen-bond acceptors (Lipinski definition) is 3. The van der Waals surface area contributed by atoms with Crippen LogP contribution in [0.5, 0.6) is 0 Å². The van der Waals surface area contributed by atoms with Crippen molar-refractivity contribution in [2.45, 2.75) is 11.3 Å². The zero-order chi connectivity index (χ0) is 19.7. The number of nitrogens with zero attached hydrogens (tertiary/aromatic N) is 3. The van der Waals surface area contributed by atoms with Crippen LogP contribution in [0.15, 0.2) is 77.8 Å². The Kier molecular flexibility index (Phi) is 4.87. The summed E-state index contributed by atoms with van der Waals surface area (Å²) in [7, 11) is -0.346. The van der Waals surface area contributed by atoms with Crippen molar-refractivity contribution in [1.29, 1.82) is 0 Å². The summed E-state index contributed by atoms with van der Waals surface area (Å²) in [6.45, 7) is 2.07. The first-order valence-electron chi connectivity index (χ1n) is 8.98. The second-order valence-electron chi connectivity index (χ2n) is 6.84. The predicted octanol–water partition coefficient (Wildman–Crippen LogP) is 3.20. The maximum absolute atomic E-state index is 12.2. The number of hydrogen-bond donors (Lipinski definition) is 0. The molecule has 3 heterocycles. The van der Waals surface area contributed by atoms with Crippen molar-refractivity contribution in [3.05, 3.63) is 84.1 Å². The molecule has 0 radical (unpaired) electrons. The molecule has 0 saturated carbocycles. The summed E-state index contributed by atoms with van der Waals surface area (Å²) < 4.78 is 27.9. The summed E-state index contributed by atoms with van der Waals surface area (Å²) in [5.41, 5.74) is 5.23. The van der Waals surface area contributed by atoms with Gasteiger partial charge in [-0.15, -0.1) is 0 Å². The molecule has 0 aliphatic heterocycles. The molecule has 5 nitrogen and oxygen atoms in total. The van der Waals surface area contributed by atoms with Crippen LogP contribution in [-0.2, 0) is 16.4 Å². The monoisotopic (exact) mass is 389 g/mol. The van der Waals surface area contributed by atoms with E-state index < -0.39 is 10.0 Å². The molecular weight excluding hydrogens is 369 g/mol. The standard InChI is InChI=1S/C21H20BN3O2S/c1-24(2)28(26,27)18-10-8-16(9-11-18)14-17-15-25(20-7-3-4-12-22-20)19-6-5-13-23-21(17)19/h3-13,15H,14H2,1-2H3. The van der Waals surface area contributed by atoms with Crippen LogP contribution < -0.4 is 0 Å². The molecule has 0 bridgehead atoms. The van der Waals surface area contributed by atoms with Crippen molar-refractivity contribution in [3.8, 4) is 5.58 Å². The van der Waals surface area contributed by atoms with Crippen LogP contribution in [-0.4, -0.2) is 43.3 Å². The summed E-state index contributed by atoms with van der Waals surface area (Å²) in [6.07, 6.45) is 4.58. The molecule has 0 aliphatic rings. The molecule has 4 rings (SSSR count). The third-order valence-corrected chi connectivity index (χ3v) is 6.60. The predicted molar refractivity (Wildman–Crippen MR) is 113 cm³/mol. The van der Waals surface area contributed by atoms with E-state index >= 15 is 0 Å². The van der Waals surface area contributed by atoms with E-state index in [4.69, 9.17) is 0 Å². The molecule has 0 spiro atoms. The van der Waals surface area contributed by atoms with Gasteiger partial charge in [-0.3, -0.25) is 0 Å². The molecule has 0 saturated heterocycles.